The molecule has 0 saturated heterocycles. The molecule has 1 atom stereocenters. The Labute approximate surface area is 145 Å². The zero-order valence-corrected chi connectivity index (χ0v) is 15.0. The smallest absolute Gasteiger partial charge is 0.246 e. The maximum Gasteiger partial charge on any atom is 0.246 e. The van der Waals surface area contributed by atoms with Crippen molar-refractivity contribution in [3.63, 3.8) is 0 Å². The molecule has 0 saturated carbocycles. The number of rotatable bonds is 8. The van der Waals surface area contributed by atoms with Crippen LogP contribution in [0.15, 0.2) is 22.6 Å². The zero-order chi connectivity index (χ0) is 17.5. The number of nitrogens with one attached hydrogen (secondary N) is 2. The van der Waals surface area contributed by atoms with E-state index in [1.54, 1.807) is 36.9 Å². The zero-order valence-electron chi connectivity index (χ0n) is 14.2. The number of anilines is 1. The molecule has 0 bridgehead atoms. The highest BCUT2D eigenvalue weighted by atomic mass is 32.2. The lowest BCUT2D eigenvalue weighted by Crippen LogP contribution is -2.43. The Kier molecular flexibility index (Phi) is 6.66. The minimum atomic E-state index is -0.538. The summed E-state index contributed by atoms with van der Waals surface area (Å²) in [7, 11) is 0. The predicted molar refractivity (Wildman–Crippen MR) is 97.2 cm³/mol. The van der Waals surface area contributed by atoms with E-state index in [4.69, 9.17) is 4.42 Å². The standard InChI is InChI=1S/C17H23N3O3S/c1-4-15(21)19-12(8-9-24-3)17(22)18-11-6-7-14-13(10-11)20-16(5-2)23-14/h6-7,10,12H,4-5,8-9H2,1-3H3,(H,18,22)(H,19,21)/t12-/m1/s1. The van der Waals surface area contributed by atoms with Crippen LogP contribution in [-0.2, 0) is 16.0 Å². The summed E-state index contributed by atoms with van der Waals surface area (Å²) in [6, 6.07) is 4.81. The van der Waals surface area contributed by atoms with E-state index in [0.717, 1.165) is 12.2 Å². The summed E-state index contributed by atoms with van der Waals surface area (Å²) in [6.45, 7) is 3.74. The Morgan fingerprint density at radius 2 is 2.12 bits per heavy atom. The van der Waals surface area contributed by atoms with E-state index >= 15 is 0 Å². The van der Waals surface area contributed by atoms with Crippen molar-refractivity contribution in [1.82, 2.24) is 10.3 Å². The molecule has 0 aliphatic heterocycles. The van der Waals surface area contributed by atoms with Crippen LogP contribution < -0.4 is 10.6 Å². The van der Waals surface area contributed by atoms with Crippen molar-refractivity contribution < 1.29 is 14.0 Å². The van der Waals surface area contributed by atoms with Gasteiger partial charge in [-0.3, -0.25) is 9.59 Å². The number of nitrogens with zero attached hydrogens (tertiary/aromatic N) is 1. The number of carbonyl (C=O) groups is 2. The first-order valence-electron chi connectivity index (χ1n) is 8.06. The number of oxazole rings is 1. The van der Waals surface area contributed by atoms with E-state index in [-0.39, 0.29) is 11.8 Å². The first kappa shape index (κ1) is 18.3. The Balaban J connectivity index is 2.10. The van der Waals surface area contributed by atoms with E-state index in [0.29, 0.717) is 35.5 Å². The molecule has 0 fully saturated rings. The minimum absolute atomic E-state index is 0.129. The molecule has 1 aromatic heterocycles. The average molecular weight is 349 g/mol. The number of amides is 2. The van der Waals surface area contributed by atoms with Crippen LogP contribution in [0.4, 0.5) is 5.69 Å². The van der Waals surface area contributed by atoms with Crippen molar-refractivity contribution in [2.24, 2.45) is 0 Å². The van der Waals surface area contributed by atoms with Crippen molar-refractivity contribution >= 4 is 40.4 Å². The molecule has 2 rings (SSSR count). The van der Waals surface area contributed by atoms with Crippen molar-refractivity contribution in [2.45, 2.75) is 39.2 Å². The third kappa shape index (κ3) is 4.74. The lowest BCUT2D eigenvalue weighted by Gasteiger charge is -2.17. The first-order valence-corrected chi connectivity index (χ1v) is 9.45. The monoisotopic (exact) mass is 349 g/mol. The van der Waals surface area contributed by atoms with Crippen molar-refractivity contribution in [2.75, 3.05) is 17.3 Å². The molecule has 2 aromatic rings. The van der Waals surface area contributed by atoms with Gasteiger partial charge in [-0.05, 0) is 36.6 Å². The Bertz CT molecular complexity index is 714. The van der Waals surface area contributed by atoms with Gasteiger partial charge in [0.2, 0.25) is 11.8 Å². The molecule has 130 valence electrons. The van der Waals surface area contributed by atoms with E-state index < -0.39 is 6.04 Å². The number of aromatic nitrogens is 1. The highest BCUT2D eigenvalue weighted by Gasteiger charge is 2.20. The van der Waals surface area contributed by atoms with Gasteiger partial charge in [0.05, 0.1) is 0 Å². The summed E-state index contributed by atoms with van der Waals surface area (Å²) < 4.78 is 5.56. The fraction of sp³-hybridized carbons (Fsp3) is 0.471. The van der Waals surface area contributed by atoms with Gasteiger partial charge in [0.25, 0.3) is 0 Å². The highest BCUT2D eigenvalue weighted by molar-refractivity contribution is 7.98. The molecule has 0 aliphatic rings. The van der Waals surface area contributed by atoms with Crippen LogP contribution >= 0.6 is 11.8 Å². The second-order valence-electron chi connectivity index (χ2n) is 5.39. The summed E-state index contributed by atoms with van der Waals surface area (Å²) in [4.78, 5) is 28.5. The topological polar surface area (TPSA) is 84.2 Å². The molecule has 2 amide bonds. The molecule has 24 heavy (non-hydrogen) atoms. The van der Waals surface area contributed by atoms with Gasteiger partial charge in [-0.15, -0.1) is 0 Å². The summed E-state index contributed by atoms with van der Waals surface area (Å²) in [5.41, 5.74) is 2.05. The van der Waals surface area contributed by atoms with Gasteiger partial charge in [0, 0.05) is 18.5 Å². The van der Waals surface area contributed by atoms with E-state index in [9.17, 15) is 9.59 Å². The largest absolute Gasteiger partial charge is 0.441 e. The second-order valence-corrected chi connectivity index (χ2v) is 6.37. The number of aryl methyl sites for hydroxylation is 1. The van der Waals surface area contributed by atoms with E-state index in [1.165, 1.54) is 0 Å². The second kappa shape index (κ2) is 8.73. The van der Waals surface area contributed by atoms with Gasteiger partial charge in [0.15, 0.2) is 11.5 Å². The minimum Gasteiger partial charge on any atom is -0.441 e. The van der Waals surface area contributed by atoms with Crippen LogP contribution in [0.3, 0.4) is 0 Å². The number of hydrogen-bond acceptors (Lipinski definition) is 5. The Morgan fingerprint density at radius 3 is 2.79 bits per heavy atom. The molecule has 7 heteroatoms. The van der Waals surface area contributed by atoms with Crippen molar-refractivity contribution in [3.8, 4) is 0 Å². The molecular weight excluding hydrogens is 326 g/mol. The van der Waals surface area contributed by atoms with Crippen LogP contribution in [0.25, 0.3) is 11.1 Å². The number of carbonyl (C=O) groups excluding carboxylic acids is 2. The quantitative estimate of drug-likeness (QED) is 0.765. The molecular formula is C17H23N3O3S. The molecule has 0 aliphatic carbocycles. The Hall–Kier alpha value is -2.02. The molecule has 1 heterocycles. The SMILES string of the molecule is CCC(=O)N[C@H](CCSC)C(=O)Nc1ccc2oc(CC)nc2c1. The van der Waals surface area contributed by atoms with Gasteiger partial charge in [-0.2, -0.15) is 11.8 Å². The molecule has 0 radical (unpaired) electrons. The summed E-state index contributed by atoms with van der Waals surface area (Å²) in [5, 5.41) is 5.63. The molecule has 1 aromatic carbocycles. The van der Waals surface area contributed by atoms with E-state index in [2.05, 4.69) is 15.6 Å². The Morgan fingerprint density at radius 1 is 1.33 bits per heavy atom. The molecule has 2 N–H and O–H groups in total. The summed E-state index contributed by atoms with van der Waals surface area (Å²) >= 11 is 1.64. The van der Waals surface area contributed by atoms with E-state index in [1.807, 2.05) is 13.2 Å². The van der Waals surface area contributed by atoms with Crippen molar-refractivity contribution in [1.29, 1.82) is 0 Å². The summed E-state index contributed by atoms with van der Waals surface area (Å²) in [5.74, 6) is 1.12. The van der Waals surface area contributed by atoms with Gasteiger partial charge >= 0.3 is 0 Å². The van der Waals surface area contributed by atoms with Gasteiger partial charge < -0.3 is 15.1 Å². The number of fused-ring (bicyclic) bond motifs is 1. The lowest BCUT2D eigenvalue weighted by molar-refractivity contribution is -0.126. The molecule has 0 unspecified atom stereocenters. The number of benzene rings is 1. The van der Waals surface area contributed by atoms with Crippen LogP contribution in [-0.4, -0.2) is 34.8 Å². The number of hydrogen-bond donors (Lipinski definition) is 2. The third-order valence-electron chi connectivity index (χ3n) is 3.59. The van der Waals surface area contributed by atoms with Gasteiger partial charge in [-0.25, -0.2) is 4.98 Å². The molecule has 0 spiro atoms. The highest BCUT2D eigenvalue weighted by Crippen LogP contribution is 2.20. The first-order chi connectivity index (χ1) is 11.6. The average Bonchev–Trinajstić information content (AvgIpc) is 3.00. The lowest BCUT2D eigenvalue weighted by atomic mass is 10.2. The maximum atomic E-state index is 12.5. The van der Waals surface area contributed by atoms with Crippen molar-refractivity contribution in [3.05, 3.63) is 24.1 Å². The maximum absolute atomic E-state index is 12.5. The normalized spacial score (nSPS) is 12.1. The van der Waals surface area contributed by atoms with Crippen LogP contribution in [0.5, 0.6) is 0 Å². The fourth-order valence-corrected chi connectivity index (χ4v) is 2.71. The molecule has 6 nitrogen and oxygen atoms in total. The van der Waals surface area contributed by atoms with Gasteiger partial charge in [0.1, 0.15) is 11.6 Å². The van der Waals surface area contributed by atoms with Crippen LogP contribution in [0.1, 0.15) is 32.6 Å². The van der Waals surface area contributed by atoms with Gasteiger partial charge in [-0.1, -0.05) is 13.8 Å². The van der Waals surface area contributed by atoms with Crippen LogP contribution in [0.2, 0.25) is 0 Å². The fourth-order valence-electron chi connectivity index (χ4n) is 2.23. The summed E-state index contributed by atoms with van der Waals surface area (Å²) in [6.07, 6.45) is 3.63. The number of thioether (sulfide) groups is 1. The third-order valence-corrected chi connectivity index (χ3v) is 4.23. The van der Waals surface area contributed by atoms with Crippen LogP contribution in [0, 0.1) is 0 Å². The predicted octanol–water partition coefficient (Wildman–Crippen LogP) is 2.98.